The van der Waals surface area contributed by atoms with Crippen LogP contribution in [-0.2, 0) is 24.8 Å². The first-order chi connectivity index (χ1) is 11.6. The maximum Gasteiger partial charge on any atom is 0.222 e. The molecule has 1 aliphatic rings. The van der Waals surface area contributed by atoms with Gasteiger partial charge < -0.3 is 10.2 Å². The van der Waals surface area contributed by atoms with E-state index in [2.05, 4.69) is 46.5 Å². The van der Waals surface area contributed by atoms with Crippen molar-refractivity contribution in [2.75, 3.05) is 11.4 Å². The molecule has 5 nitrogen and oxygen atoms in total. The first kappa shape index (κ1) is 16.6. The Hall–Kier alpha value is -2.30. The number of nitrogens with one attached hydrogen (secondary N) is 1. The van der Waals surface area contributed by atoms with Crippen molar-refractivity contribution in [3.63, 3.8) is 0 Å². The molecule has 1 amide bonds. The molecule has 3 rings (SSSR count). The predicted molar refractivity (Wildman–Crippen MR) is 96.0 cm³/mol. The van der Waals surface area contributed by atoms with Gasteiger partial charge in [0.1, 0.15) is 0 Å². The van der Waals surface area contributed by atoms with Gasteiger partial charge in [0, 0.05) is 49.5 Å². The third kappa shape index (κ3) is 3.45. The van der Waals surface area contributed by atoms with Crippen LogP contribution in [0.2, 0.25) is 0 Å². The summed E-state index contributed by atoms with van der Waals surface area (Å²) in [5.41, 5.74) is 4.84. The molecule has 1 N–H and O–H groups in total. The van der Waals surface area contributed by atoms with Gasteiger partial charge in [0.2, 0.25) is 5.91 Å². The molecule has 1 aromatic heterocycles. The van der Waals surface area contributed by atoms with Crippen LogP contribution in [0.5, 0.6) is 0 Å². The fourth-order valence-corrected chi connectivity index (χ4v) is 3.32. The molecule has 0 spiro atoms. The van der Waals surface area contributed by atoms with Gasteiger partial charge in [-0.2, -0.15) is 5.10 Å². The summed E-state index contributed by atoms with van der Waals surface area (Å²) >= 11 is 0. The Kier molecular flexibility index (Phi) is 4.88. The minimum Gasteiger partial charge on any atom is -0.368 e. The first-order valence-corrected chi connectivity index (χ1v) is 8.65. The fourth-order valence-electron chi connectivity index (χ4n) is 3.32. The van der Waals surface area contributed by atoms with E-state index in [1.165, 1.54) is 11.3 Å². The van der Waals surface area contributed by atoms with Crippen molar-refractivity contribution in [1.29, 1.82) is 0 Å². The third-order valence-corrected chi connectivity index (χ3v) is 5.06. The molecular formula is C19H26N4O. The first-order valence-electron chi connectivity index (χ1n) is 8.65. The summed E-state index contributed by atoms with van der Waals surface area (Å²) in [7, 11) is 1.91. The number of benzene rings is 1. The molecule has 0 saturated heterocycles. The van der Waals surface area contributed by atoms with Crippen LogP contribution in [0.25, 0.3) is 0 Å². The van der Waals surface area contributed by atoms with E-state index in [1.54, 1.807) is 0 Å². The average molecular weight is 326 g/mol. The van der Waals surface area contributed by atoms with E-state index in [4.69, 9.17) is 0 Å². The molecule has 5 heteroatoms. The highest BCUT2D eigenvalue weighted by Crippen LogP contribution is 2.30. The van der Waals surface area contributed by atoms with Crippen LogP contribution in [0.15, 0.2) is 30.5 Å². The zero-order chi connectivity index (χ0) is 17.1. The van der Waals surface area contributed by atoms with Crippen molar-refractivity contribution in [3.05, 3.63) is 47.3 Å². The van der Waals surface area contributed by atoms with Crippen LogP contribution in [0, 0.1) is 6.92 Å². The summed E-state index contributed by atoms with van der Waals surface area (Å²) < 4.78 is 1.83. The highest BCUT2D eigenvalue weighted by molar-refractivity contribution is 5.76. The number of carbonyl (C=O) groups excluding carboxylic acids is 1. The Labute approximate surface area is 143 Å². The maximum atomic E-state index is 12.2. The molecule has 0 saturated carbocycles. The fraction of sp³-hybridized carbons (Fsp3) is 0.474. The van der Waals surface area contributed by atoms with Gasteiger partial charge in [0.15, 0.2) is 0 Å². The molecule has 2 heterocycles. The lowest BCUT2D eigenvalue weighted by Crippen LogP contribution is -2.39. The largest absolute Gasteiger partial charge is 0.368 e. The van der Waals surface area contributed by atoms with Crippen LogP contribution in [-0.4, -0.2) is 28.3 Å². The monoisotopic (exact) mass is 326 g/mol. The summed E-state index contributed by atoms with van der Waals surface area (Å²) in [5, 5.41) is 7.22. The Morgan fingerprint density at radius 3 is 2.92 bits per heavy atom. The van der Waals surface area contributed by atoms with Crippen LogP contribution in [0.4, 0.5) is 5.69 Å². The van der Waals surface area contributed by atoms with Gasteiger partial charge in [0.05, 0.1) is 6.20 Å². The molecule has 2 aromatic rings. The van der Waals surface area contributed by atoms with E-state index in [0.29, 0.717) is 19.0 Å². The van der Waals surface area contributed by atoms with Gasteiger partial charge in [-0.3, -0.25) is 9.48 Å². The Bertz CT molecular complexity index is 722. The number of nitrogens with zero attached hydrogens (tertiary/aromatic N) is 3. The Morgan fingerprint density at radius 1 is 1.38 bits per heavy atom. The molecule has 0 bridgehead atoms. The molecule has 1 aromatic carbocycles. The third-order valence-electron chi connectivity index (χ3n) is 5.06. The lowest BCUT2D eigenvalue weighted by molar-refractivity contribution is -0.121. The summed E-state index contributed by atoms with van der Waals surface area (Å²) in [5.74, 6) is 0.0912. The number of hydrogen-bond donors (Lipinski definition) is 1. The van der Waals surface area contributed by atoms with Gasteiger partial charge in [-0.05, 0) is 38.3 Å². The minimum atomic E-state index is 0.0912. The second kappa shape index (κ2) is 7.07. The minimum absolute atomic E-state index is 0.0912. The van der Waals surface area contributed by atoms with Gasteiger partial charge in [0.25, 0.3) is 0 Å². The highest BCUT2D eigenvalue weighted by Gasteiger charge is 2.22. The second-order valence-corrected chi connectivity index (χ2v) is 6.62. The average Bonchev–Trinajstić information content (AvgIpc) is 2.91. The summed E-state index contributed by atoms with van der Waals surface area (Å²) in [6.45, 7) is 5.56. The SMILES string of the molecule is Cc1c(CNC(=O)CCN2c3ccccc3CCC2C)cnn1C. The number of anilines is 1. The summed E-state index contributed by atoms with van der Waals surface area (Å²) in [6, 6.07) is 9.01. The lowest BCUT2D eigenvalue weighted by Gasteiger charge is -2.37. The van der Waals surface area contributed by atoms with Gasteiger partial charge >= 0.3 is 0 Å². The number of fused-ring (bicyclic) bond motifs is 1. The Balaban J connectivity index is 1.55. The van der Waals surface area contributed by atoms with E-state index in [0.717, 1.165) is 30.6 Å². The Morgan fingerprint density at radius 2 is 2.17 bits per heavy atom. The lowest BCUT2D eigenvalue weighted by atomic mass is 9.96. The van der Waals surface area contributed by atoms with Crippen molar-refractivity contribution in [3.8, 4) is 0 Å². The number of carbonyl (C=O) groups is 1. The molecule has 0 aliphatic carbocycles. The van der Waals surface area contributed by atoms with Crippen molar-refractivity contribution in [2.24, 2.45) is 7.05 Å². The number of hydrogen-bond acceptors (Lipinski definition) is 3. The predicted octanol–water partition coefficient (Wildman–Crippen LogP) is 2.58. The van der Waals surface area contributed by atoms with Crippen LogP contribution in [0.1, 0.15) is 36.6 Å². The summed E-state index contributed by atoms with van der Waals surface area (Å²) in [4.78, 5) is 14.6. The molecule has 24 heavy (non-hydrogen) atoms. The number of para-hydroxylation sites is 1. The van der Waals surface area contributed by atoms with Crippen molar-refractivity contribution >= 4 is 11.6 Å². The van der Waals surface area contributed by atoms with Crippen molar-refractivity contribution in [2.45, 2.75) is 45.7 Å². The van der Waals surface area contributed by atoms with E-state index in [9.17, 15) is 4.79 Å². The van der Waals surface area contributed by atoms with Crippen molar-refractivity contribution in [1.82, 2.24) is 15.1 Å². The number of aryl methyl sites for hydroxylation is 2. The standard InChI is InChI=1S/C19H26N4O/c1-14-8-9-16-6-4-5-7-18(16)23(14)11-10-19(24)20-12-17-13-21-22(3)15(17)2/h4-7,13-14H,8-12H2,1-3H3,(H,20,24). The zero-order valence-electron chi connectivity index (χ0n) is 14.7. The van der Waals surface area contributed by atoms with E-state index in [1.807, 2.05) is 24.9 Å². The molecule has 0 radical (unpaired) electrons. The maximum absolute atomic E-state index is 12.2. The van der Waals surface area contributed by atoms with Gasteiger partial charge in [-0.1, -0.05) is 18.2 Å². The quantitative estimate of drug-likeness (QED) is 0.919. The molecule has 1 aliphatic heterocycles. The highest BCUT2D eigenvalue weighted by atomic mass is 16.1. The van der Waals surface area contributed by atoms with Gasteiger partial charge in [-0.15, -0.1) is 0 Å². The van der Waals surface area contributed by atoms with E-state index < -0.39 is 0 Å². The molecule has 0 fully saturated rings. The number of rotatable bonds is 5. The molecule has 1 unspecified atom stereocenters. The van der Waals surface area contributed by atoms with Crippen LogP contribution >= 0.6 is 0 Å². The normalized spacial score (nSPS) is 16.8. The summed E-state index contributed by atoms with van der Waals surface area (Å²) in [6.07, 6.45) is 4.60. The molecular weight excluding hydrogens is 300 g/mol. The van der Waals surface area contributed by atoms with E-state index in [-0.39, 0.29) is 5.91 Å². The second-order valence-electron chi connectivity index (χ2n) is 6.62. The topological polar surface area (TPSA) is 50.2 Å². The van der Waals surface area contributed by atoms with Gasteiger partial charge in [-0.25, -0.2) is 0 Å². The van der Waals surface area contributed by atoms with Crippen LogP contribution < -0.4 is 10.2 Å². The van der Waals surface area contributed by atoms with Crippen LogP contribution in [0.3, 0.4) is 0 Å². The number of amides is 1. The molecule has 1 atom stereocenters. The van der Waals surface area contributed by atoms with E-state index >= 15 is 0 Å². The smallest absolute Gasteiger partial charge is 0.222 e. The zero-order valence-corrected chi connectivity index (χ0v) is 14.7. The number of aromatic nitrogens is 2. The van der Waals surface area contributed by atoms with Crippen molar-refractivity contribution < 1.29 is 4.79 Å². The molecule has 128 valence electrons.